The molecule has 0 atom stereocenters. The summed E-state index contributed by atoms with van der Waals surface area (Å²) < 4.78 is 0. The van der Waals surface area contributed by atoms with Crippen LogP contribution in [0.25, 0.3) is 21.8 Å². The molecule has 8 nitrogen and oxygen atoms in total. The Bertz CT molecular complexity index is 1210. The van der Waals surface area contributed by atoms with Gasteiger partial charge < -0.3 is 10.6 Å². The number of benzene rings is 2. The number of aromatic nitrogens is 6. The largest absolute Gasteiger partial charge is 0.354 e. The van der Waals surface area contributed by atoms with Gasteiger partial charge in [0.2, 0.25) is 0 Å². The van der Waals surface area contributed by atoms with Gasteiger partial charge in [0.15, 0.2) is 11.6 Å². The minimum Gasteiger partial charge on any atom is -0.354 e. The van der Waals surface area contributed by atoms with Crippen LogP contribution in [0.4, 0.5) is 23.0 Å². The van der Waals surface area contributed by atoms with Crippen molar-refractivity contribution in [3.8, 4) is 0 Å². The van der Waals surface area contributed by atoms with Gasteiger partial charge in [-0.25, -0.2) is 0 Å². The second-order valence-electron chi connectivity index (χ2n) is 5.87. The summed E-state index contributed by atoms with van der Waals surface area (Å²) in [6.07, 6.45) is 3.47. The van der Waals surface area contributed by atoms with E-state index in [1.807, 2.05) is 48.5 Å². The zero-order valence-corrected chi connectivity index (χ0v) is 13.6. The molecule has 26 heavy (non-hydrogen) atoms. The lowest BCUT2D eigenvalue weighted by atomic mass is 10.2. The van der Waals surface area contributed by atoms with E-state index in [2.05, 4.69) is 41.2 Å². The van der Waals surface area contributed by atoms with Crippen molar-refractivity contribution in [2.75, 3.05) is 10.6 Å². The summed E-state index contributed by atoms with van der Waals surface area (Å²) in [5.41, 5.74) is 3.69. The first kappa shape index (κ1) is 14.4. The molecule has 0 saturated carbocycles. The fourth-order valence-electron chi connectivity index (χ4n) is 2.86. The quantitative estimate of drug-likeness (QED) is 0.396. The molecule has 5 aromatic rings. The number of nitrogens with one attached hydrogen (secondary N) is 4. The van der Waals surface area contributed by atoms with Crippen molar-refractivity contribution in [1.29, 1.82) is 0 Å². The lowest BCUT2D eigenvalue weighted by Gasteiger charge is -2.08. The fraction of sp³-hybridized carbons (Fsp3) is 0. The summed E-state index contributed by atoms with van der Waals surface area (Å²) in [5, 5.41) is 31.1. The number of aromatic amines is 2. The third kappa shape index (κ3) is 2.59. The molecule has 3 heterocycles. The Kier molecular flexibility index (Phi) is 3.24. The third-order valence-corrected chi connectivity index (χ3v) is 4.10. The standard InChI is InChI=1S/C18H14N8/c1-2-4-15-14(3-1)18(26-24-15)22-17-8-13(10-20-25-17)21-12-6-5-11-9-19-23-16(11)7-12/h1-10H,(H,19,23)(H3,21,22,24,25,26). The van der Waals surface area contributed by atoms with E-state index in [0.717, 1.165) is 33.2 Å². The molecular formula is C18H14N8. The van der Waals surface area contributed by atoms with E-state index in [1.54, 1.807) is 12.4 Å². The predicted molar refractivity (Wildman–Crippen MR) is 101 cm³/mol. The number of para-hydroxylation sites is 1. The first-order chi connectivity index (χ1) is 12.8. The van der Waals surface area contributed by atoms with E-state index in [-0.39, 0.29) is 0 Å². The van der Waals surface area contributed by atoms with Crippen molar-refractivity contribution < 1.29 is 0 Å². The predicted octanol–water partition coefficient (Wildman–Crippen LogP) is 3.72. The molecule has 0 bridgehead atoms. The van der Waals surface area contributed by atoms with Crippen LogP contribution in [0.2, 0.25) is 0 Å². The molecule has 0 saturated heterocycles. The zero-order chi connectivity index (χ0) is 17.3. The molecule has 3 aromatic heterocycles. The minimum absolute atomic E-state index is 0.606. The van der Waals surface area contributed by atoms with Crippen molar-refractivity contribution in [2.24, 2.45) is 0 Å². The van der Waals surface area contributed by atoms with Crippen molar-refractivity contribution in [3.05, 3.63) is 60.9 Å². The highest BCUT2D eigenvalue weighted by atomic mass is 15.2. The summed E-state index contributed by atoms with van der Waals surface area (Å²) in [4.78, 5) is 0. The summed E-state index contributed by atoms with van der Waals surface area (Å²) in [7, 11) is 0. The van der Waals surface area contributed by atoms with Crippen LogP contribution in [0.15, 0.2) is 60.9 Å². The summed E-state index contributed by atoms with van der Waals surface area (Å²) in [5.74, 6) is 1.32. The molecule has 0 fully saturated rings. The molecule has 8 heteroatoms. The van der Waals surface area contributed by atoms with Crippen LogP contribution >= 0.6 is 0 Å². The molecule has 0 aliphatic heterocycles. The Morgan fingerprint density at radius 3 is 2.77 bits per heavy atom. The maximum atomic E-state index is 4.30. The van der Waals surface area contributed by atoms with E-state index in [1.165, 1.54) is 0 Å². The van der Waals surface area contributed by atoms with Crippen LogP contribution in [0, 0.1) is 0 Å². The molecule has 0 radical (unpaired) electrons. The van der Waals surface area contributed by atoms with Gasteiger partial charge in [0, 0.05) is 22.5 Å². The Morgan fingerprint density at radius 2 is 1.77 bits per heavy atom. The van der Waals surface area contributed by atoms with Crippen LogP contribution in [0.3, 0.4) is 0 Å². The number of rotatable bonds is 4. The van der Waals surface area contributed by atoms with Gasteiger partial charge in [-0.1, -0.05) is 12.1 Å². The number of hydrogen-bond donors (Lipinski definition) is 4. The lowest BCUT2D eigenvalue weighted by Crippen LogP contribution is -1.98. The van der Waals surface area contributed by atoms with E-state index in [0.29, 0.717) is 11.6 Å². The molecule has 0 aliphatic rings. The molecule has 0 spiro atoms. The van der Waals surface area contributed by atoms with Gasteiger partial charge in [-0.3, -0.25) is 10.2 Å². The highest BCUT2D eigenvalue weighted by Gasteiger charge is 2.07. The Hall–Kier alpha value is -3.94. The Labute approximate surface area is 147 Å². The fourth-order valence-corrected chi connectivity index (χ4v) is 2.86. The summed E-state index contributed by atoms with van der Waals surface area (Å²) >= 11 is 0. The first-order valence-electron chi connectivity index (χ1n) is 8.08. The Morgan fingerprint density at radius 1 is 0.808 bits per heavy atom. The van der Waals surface area contributed by atoms with Gasteiger partial charge >= 0.3 is 0 Å². The van der Waals surface area contributed by atoms with Crippen LogP contribution < -0.4 is 10.6 Å². The Balaban J connectivity index is 1.41. The lowest BCUT2D eigenvalue weighted by molar-refractivity contribution is 1.03. The van der Waals surface area contributed by atoms with Crippen LogP contribution in [-0.2, 0) is 0 Å². The van der Waals surface area contributed by atoms with Gasteiger partial charge in [0.25, 0.3) is 0 Å². The van der Waals surface area contributed by atoms with Crippen molar-refractivity contribution in [1.82, 2.24) is 30.6 Å². The van der Waals surface area contributed by atoms with Crippen LogP contribution in [0.1, 0.15) is 0 Å². The van der Waals surface area contributed by atoms with Gasteiger partial charge in [-0.2, -0.15) is 15.3 Å². The normalized spacial score (nSPS) is 11.1. The monoisotopic (exact) mass is 342 g/mol. The first-order valence-corrected chi connectivity index (χ1v) is 8.08. The van der Waals surface area contributed by atoms with Gasteiger partial charge in [0.05, 0.1) is 29.1 Å². The topological polar surface area (TPSA) is 107 Å². The molecule has 126 valence electrons. The van der Waals surface area contributed by atoms with Crippen LogP contribution in [0.5, 0.6) is 0 Å². The molecule has 0 amide bonds. The van der Waals surface area contributed by atoms with E-state index in [9.17, 15) is 0 Å². The van der Waals surface area contributed by atoms with Crippen LogP contribution in [-0.4, -0.2) is 30.6 Å². The molecule has 5 rings (SSSR count). The number of nitrogens with zero attached hydrogens (tertiary/aromatic N) is 4. The minimum atomic E-state index is 0.606. The smallest absolute Gasteiger partial charge is 0.161 e. The van der Waals surface area contributed by atoms with E-state index in [4.69, 9.17) is 0 Å². The number of fused-ring (bicyclic) bond motifs is 2. The van der Waals surface area contributed by atoms with Crippen molar-refractivity contribution in [3.63, 3.8) is 0 Å². The van der Waals surface area contributed by atoms with Gasteiger partial charge in [0.1, 0.15) is 0 Å². The third-order valence-electron chi connectivity index (χ3n) is 4.10. The second kappa shape index (κ2) is 5.85. The van der Waals surface area contributed by atoms with Gasteiger partial charge in [-0.15, -0.1) is 5.10 Å². The van der Waals surface area contributed by atoms with E-state index < -0.39 is 0 Å². The molecule has 2 aromatic carbocycles. The number of H-pyrrole nitrogens is 2. The summed E-state index contributed by atoms with van der Waals surface area (Å²) in [6.45, 7) is 0. The highest BCUT2D eigenvalue weighted by molar-refractivity contribution is 5.91. The maximum Gasteiger partial charge on any atom is 0.161 e. The SMILES string of the molecule is c1ccc2c(Nc3cc(Nc4ccc5cn[nH]c5c4)cnn3)n[nH]c2c1. The average Bonchev–Trinajstić information content (AvgIpc) is 3.29. The van der Waals surface area contributed by atoms with Crippen molar-refractivity contribution in [2.45, 2.75) is 0 Å². The average molecular weight is 342 g/mol. The molecule has 0 aliphatic carbocycles. The van der Waals surface area contributed by atoms with Gasteiger partial charge in [-0.05, 0) is 30.3 Å². The maximum absolute atomic E-state index is 4.30. The van der Waals surface area contributed by atoms with Crippen molar-refractivity contribution >= 4 is 44.8 Å². The summed E-state index contributed by atoms with van der Waals surface area (Å²) in [6, 6.07) is 15.8. The number of hydrogen-bond acceptors (Lipinski definition) is 6. The highest BCUT2D eigenvalue weighted by Crippen LogP contribution is 2.25. The number of anilines is 4. The molecule has 0 unspecified atom stereocenters. The molecular weight excluding hydrogens is 328 g/mol. The second-order valence-corrected chi connectivity index (χ2v) is 5.87. The zero-order valence-electron chi connectivity index (χ0n) is 13.6. The van der Waals surface area contributed by atoms with E-state index >= 15 is 0 Å². The molecule has 4 N–H and O–H groups in total.